The van der Waals surface area contributed by atoms with Crippen molar-refractivity contribution in [2.45, 2.75) is 45.9 Å². The minimum atomic E-state index is -0.0131. The zero-order valence-corrected chi connectivity index (χ0v) is 13.4. The Labute approximate surface area is 127 Å². The molecule has 0 spiro atoms. The van der Waals surface area contributed by atoms with Crippen LogP contribution in [-0.4, -0.2) is 12.1 Å². The third-order valence-electron chi connectivity index (χ3n) is 3.60. The van der Waals surface area contributed by atoms with Crippen LogP contribution in [0.15, 0.2) is 49.1 Å². The number of hydrogen-bond donors (Lipinski definition) is 1. The number of nitrogens with one attached hydrogen (secondary N) is 1. The van der Waals surface area contributed by atoms with Crippen LogP contribution in [0.25, 0.3) is 10.8 Å². The van der Waals surface area contributed by atoms with Gasteiger partial charge >= 0.3 is 0 Å². The van der Waals surface area contributed by atoms with Gasteiger partial charge < -0.3 is 10.1 Å². The second kappa shape index (κ2) is 6.77. The van der Waals surface area contributed by atoms with Gasteiger partial charge in [0, 0.05) is 23.0 Å². The smallest absolute Gasteiger partial charge is 0.132 e. The Bertz CT molecular complexity index is 618. The van der Waals surface area contributed by atoms with Crippen LogP contribution in [-0.2, 0) is 0 Å². The first kappa shape index (κ1) is 15.6. The summed E-state index contributed by atoms with van der Waals surface area (Å²) in [5.74, 6) is 0.959. The van der Waals surface area contributed by atoms with Crippen LogP contribution in [0.3, 0.4) is 0 Å². The van der Waals surface area contributed by atoms with Gasteiger partial charge in [0.05, 0.1) is 0 Å². The number of hydrogen-bond acceptors (Lipinski definition) is 2. The summed E-state index contributed by atoms with van der Waals surface area (Å²) < 4.78 is 6.15. The fourth-order valence-corrected chi connectivity index (χ4v) is 2.56. The van der Waals surface area contributed by atoms with Crippen molar-refractivity contribution in [2.24, 2.45) is 0 Å². The molecule has 0 aromatic heterocycles. The molecular weight excluding hydrogens is 258 g/mol. The molecule has 2 unspecified atom stereocenters. The number of fused-ring (bicyclic) bond motifs is 1. The fraction of sp³-hybridized carbons (Fsp3) is 0.368. The van der Waals surface area contributed by atoms with E-state index >= 15 is 0 Å². The van der Waals surface area contributed by atoms with Crippen molar-refractivity contribution in [3.8, 4) is 5.75 Å². The monoisotopic (exact) mass is 283 g/mol. The van der Waals surface area contributed by atoms with Gasteiger partial charge in [-0.1, -0.05) is 62.9 Å². The molecule has 0 aliphatic rings. The lowest BCUT2D eigenvalue weighted by Crippen LogP contribution is -2.26. The van der Waals surface area contributed by atoms with E-state index in [2.05, 4.69) is 69.1 Å². The Kier molecular flexibility index (Phi) is 5.03. The highest BCUT2D eigenvalue weighted by Crippen LogP contribution is 2.34. The lowest BCUT2D eigenvalue weighted by molar-refractivity contribution is 0.268. The molecule has 112 valence electrons. The predicted molar refractivity (Wildman–Crippen MR) is 90.9 cm³/mol. The Morgan fingerprint density at radius 1 is 1.05 bits per heavy atom. The first-order valence-corrected chi connectivity index (χ1v) is 7.59. The van der Waals surface area contributed by atoms with E-state index in [1.54, 1.807) is 0 Å². The van der Waals surface area contributed by atoms with Crippen molar-refractivity contribution in [2.75, 3.05) is 0 Å². The Balaban J connectivity index is 2.52. The molecule has 0 amide bonds. The van der Waals surface area contributed by atoms with Gasteiger partial charge in [0.15, 0.2) is 0 Å². The molecule has 0 radical (unpaired) electrons. The van der Waals surface area contributed by atoms with Crippen LogP contribution in [0.5, 0.6) is 5.75 Å². The van der Waals surface area contributed by atoms with E-state index < -0.39 is 0 Å². The van der Waals surface area contributed by atoms with E-state index in [-0.39, 0.29) is 12.1 Å². The minimum Gasteiger partial charge on any atom is -0.486 e. The molecule has 2 aromatic rings. The quantitative estimate of drug-likeness (QED) is 0.765. The van der Waals surface area contributed by atoms with Gasteiger partial charge in [-0.2, -0.15) is 0 Å². The zero-order valence-electron chi connectivity index (χ0n) is 13.4. The van der Waals surface area contributed by atoms with Gasteiger partial charge in [-0.15, -0.1) is 0 Å². The second-order valence-corrected chi connectivity index (χ2v) is 5.81. The van der Waals surface area contributed by atoms with Crippen molar-refractivity contribution >= 4 is 10.8 Å². The molecule has 0 saturated heterocycles. The van der Waals surface area contributed by atoms with Crippen molar-refractivity contribution in [1.82, 2.24) is 5.32 Å². The molecule has 21 heavy (non-hydrogen) atoms. The molecule has 2 nitrogen and oxygen atoms in total. The average molecular weight is 283 g/mol. The highest BCUT2D eigenvalue weighted by atomic mass is 16.5. The molecule has 2 atom stereocenters. The van der Waals surface area contributed by atoms with Crippen LogP contribution in [0.4, 0.5) is 0 Å². The summed E-state index contributed by atoms with van der Waals surface area (Å²) in [6.45, 7) is 12.3. The first-order chi connectivity index (χ1) is 10.0. The third-order valence-corrected chi connectivity index (χ3v) is 3.60. The average Bonchev–Trinajstić information content (AvgIpc) is 2.46. The SMILES string of the molecule is C=CC(C)Oc1c(C(C)NC(C)C)ccc2ccccc12. The van der Waals surface area contributed by atoms with Gasteiger partial charge in [-0.3, -0.25) is 0 Å². The summed E-state index contributed by atoms with van der Waals surface area (Å²) in [7, 11) is 0. The Hall–Kier alpha value is -1.80. The van der Waals surface area contributed by atoms with Gasteiger partial charge in [-0.25, -0.2) is 0 Å². The van der Waals surface area contributed by atoms with Gasteiger partial charge in [-0.05, 0) is 19.2 Å². The molecule has 0 aliphatic heterocycles. The molecule has 0 heterocycles. The maximum Gasteiger partial charge on any atom is 0.132 e. The van der Waals surface area contributed by atoms with Gasteiger partial charge in [0.1, 0.15) is 11.9 Å². The lowest BCUT2D eigenvalue weighted by Gasteiger charge is -2.23. The summed E-state index contributed by atoms with van der Waals surface area (Å²) in [4.78, 5) is 0. The highest BCUT2D eigenvalue weighted by molar-refractivity contribution is 5.89. The maximum absolute atomic E-state index is 6.15. The van der Waals surface area contributed by atoms with Crippen LogP contribution < -0.4 is 10.1 Å². The third kappa shape index (κ3) is 3.64. The summed E-state index contributed by atoms with van der Waals surface area (Å²) in [5, 5.41) is 5.90. The second-order valence-electron chi connectivity index (χ2n) is 5.81. The van der Waals surface area contributed by atoms with E-state index in [9.17, 15) is 0 Å². The van der Waals surface area contributed by atoms with E-state index in [1.165, 1.54) is 10.9 Å². The molecule has 0 fully saturated rings. The van der Waals surface area contributed by atoms with Crippen LogP contribution in [0.2, 0.25) is 0 Å². The molecule has 2 aromatic carbocycles. The maximum atomic E-state index is 6.15. The lowest BCUT2D eigenvalue weighted by atomic mass is 10.0. The zero-order chi connectivity index (χ0) is 15.4. The van der Waals surface area contributed by atoms with Crippen molar-refractivity contribution in [3.63, 3.8) is 0 Å². The summed E-state index contributed by atoms with van der Waals surface area (Å²) in [6, 6.07) is 13.3. The minimum absolute atomic E-state index is 0.0131. The van der Waals surface area contributed by atoms with E-state index in [0.29, 0.717) is 6.04 Å². The largest absolute Gasteiger partial charge is 0.486 e. The van der Waals surface area contributed by atoms with Crippen LogP contribution in [0, 0.1) is 0 Å². The van der Waals surface area contributed by atoms with Crippen molar-refractivity contribution in [1.29, 1.82) is 0 Å². The molecule has 1 N–H and O–H groups in total. The van der Waals surface area contributed by atoms with Crippen molar-refractivity contribution < 1.29 is 4.74 Å². The summed E-state index contributed by atoms with van der Waals surface area (Å²) >= 11 is 0. The van der Waals surface area contributed by atoms with E-state index in [4.69, 9.17) is 4.74 Å². The Morgan fingerprint density at radius 3 is 2.43 bits per heavy atom. The van der Waals surface area contributed by atoms with E-state index in [1.807, 2.05) is 13.0 Å². The number of rotatable bonds is 6. The number of benzene rings is 2. The predicted octanol–water partition coefficient (Wildman–Crippen LogP) is 4.85. The molecule has 0 bridgehead atoms. The summed E-state index contributed by atoms with van der Waals surface area (Å²) in [6.07, 6.45) is 1.81. The van der Waals surface area contributed by atoms with Crippen LogP contribution >= 0.6 is 0 Å². The van der Waals surface area contributed by atoms with Gasteiger partial charge in [0.2, 0.25) is 0 Å². The molecule has 2 heteroatoms. The summed E-state index contributed by atoms with van der Waals surface area (Å²) in [5.41, 5.74) is 1.19. The standard InChI is InChI=1S/C19H25NO/c1-6-14(4)21-19-17(15(5)20-13(2)3)12-11-16-9-7-8-10-18(16)19/h6-15,20H,1H2,2-5H3. The first-order valence-electron chi connectivity index (χ1n) is 7.59. The van der Waals surface area contributed by atoms with E-state index in [0.717, 1.165) is 11.1 Å². The molecule has 0 saturated carbocycles. The number of ether oxygens (including phenoxy) is 1. The highest BCUT2D eigenvalue weighted by Gasteiger charge is 2.16. The molecule has 0 aliphatic carbocycles. The van der Waals surface area contributed by atoms with Crippen molar-refractivity contribution in [3.05, 3.63) is 54.6 Å². The topological polar surface area (TPSA) is 21.3 Å². The Morgan fingerprint density at radius 2 is 1.76 bits per heavy atom. The fourth-order valence-electron chi connectivity index (χ4n) is 2.56. The molecular formula is C19H25NO. The molecule has 2 rings (SSSR count). The van der Waals surface area contributed by atoms with Crippen LogP contribution in [0.1, 0.15) is 39.3 Å². The normalized spacial score (nSPS) is 14.1. The van der Waals surface area contributed by atoms with Gasteiger partial charge in [0.25, 0.3) is 0 Å².